The van der Waals surface area contributed by atoms with E-state index in [2.05, 4.69) is 5.10 Å². The van der Waals surface area contributed by atoms with Crippen LogP contribution in [0.15, 0.2) is 18.5 Å². The van der Waals surface area contributed by atoms with Crippen LogP contribution < -0.4 is 4.73 Å². The summed E-state index contributed by atoms with van der Waals surface area (Å²) in [5.74, 6) is -0.573. The van der Waals surface area contributed by atoms with E-state index in [9.17, 15) is 14.4 Å². The molecule has 1 aliphatic rings. The summed E-state index contributed by atoms with van der Waals surface area (Å²) in [4.78, 5) is 12.2. The molecule has 0 radical (unpaired) electrons. The van der Waals surface area contributed by atoms with Crippen molar-refractivity contribution in [2.24, 2.45) is 0 Å². The van der Waals surface area contributed by atoms with Gasteiger partial charge in [0, 0.05) is 12.0 Å². The van der Waals surface area contributed by atoms with E-state index < -0.39 is 17.5 Å². The topological polar surface area (TPSA) is 71.1 Å². The molecule has 2 aromatic heterocycles. The van der Waals surface area contributed by atoms with Crippen LogP contribution >= 0.6 is 11.6 Å². The minimum absolute atomic E-state index is 0.0318. The maximum absolute atomic E-state index is 13.3. The number of hydrogen-bond donors (Lipinski definition) is 0. The maximum Gasteiger partial charge on any atom is 0.435 e. The van der Waals surface area contributed by atoms with Crippen molar-refractivity contribution in [1.29, 1.82) is 0 Å². The van der Waals surface area contributed by atoms with Crippen molar-refractivity contribution >= 4 is 17.7 Å². The van der Waals surface area contributed by atoms with Crippen LogP contribution in [0.3, 0.4) is 0 Å². The quantitative estimate of drug-likeness (QED) is 0.610. The number of halogens is 2. The smallest absolute Gasteiger partial charge is 0.435 e. The number of hydrogen-bond acceptors (Lipinski definition) is 4. The Bertz CT molecular complexity index is 786. The Hall–Kier alpha value is -2.15. The fourth-order valence-electron chi connectivity index (χ4n) is 2.39. The molecule has 0 bridgehead atoms. The molecule has 0 atom stereocenters. The first-order valence-corrected chi connectivity index (χ1v) is 7.95. The van der Waals surface area contributed by atoms with Crippen LogP contribution in [0.25, 0.3) is 11.3 Å². The highest BCUT2D eigenvalue weighted by Crippen LogP contribution is 2.44. The number of rotatable bonds is 2. The molecule has 0 aromatic carbocycles. The van der Waals surface area contributed by atoms with Crippen molar-refractivity contribution in [3.05, 3.63) is 40.2 Å². The van der Waals surface area contributed by atoms with E-state index in [1.807, 2.05) is 0 Å². The van der Waals surface area contributed by atoms with Gasteiger partial charge in [0.2, 0.25) is 11.9 Å². The van der Waals surface area contributed by atoms with Crippen LogP contribution in [0.2, 0.25) is 5.02 Å². The lowest BCUT2D eigenvalue weighted by atomic mass is 10.1. The normalized spacial score (nSPS) is 14.7. The lowest BCUT2D eigenvalue weighted by molar-refractivity contribution is -0.595. The van der Waals surface area contributed by atoms with Crippen LogP contribution in [0.5, 0.6) is 0 Å². The molecule has 8 heteroatoms. The zero-order chi connectivity index (χ0) is 17.6. The summed E-state index contributed by atoms with van der Waals surface area (Å²) in [5.41, 5.74) is 0.423. The zero-order valence-corrected chi connectivity index (χ0v) is 14.3. The Morgan fingerprint density at radius 2 is 2.17 bits per heavy atom. The maximum atomic E-state index is 13.3. The highest BCUT2D eigenvalue weighted by atomic mass is 35.5. The highest BCUT2D eigenvalue weighted by molar-refractivity contribution is 6.32. The predicted molar refractivity (Wildman–Crippen MR) is 85.2 cm³/mol. The van der Waals surface area contributed by atoms with Crippen LogP contribution in [-0.2, 0) is 4.74 Å². The molecule has 1 aliphatic carbocycles. The molecule has 0 aliphatic heterocycles. The molecule has 1 saturated carbocycles. The number of nitrogens with zero attached hydrogens (tertiary/aromatic N) is 3. The van der Waals surface area contributed by atoms with Gasteiger partial charge in [0.25, 0.3) is 0 Å². The minimum Gasteiger partial charge on any atom is -0.618 e. The standard InChI is InChI=1S/C16H17ClFN3O3/c1-16(2,3)24-15(22)20-8-11(13(19-20)9-4-5-9)14-12(17)6-10(18)7-21(14)23/h6-9H,4-5H2,1-3H3. The van der Waals surface area contributed by atoms with E-state index in [-0.39, 0.29) is 16.6 Å². The molecule has 2 aromatic rings. The van der Waals surface area contributed by atoms with Gasteiger partial charge in [0.15, 0.2) is 5.82 Å². The number of carbonyl (C=O) groups excluding carboxylic acids is 1. The fourth-order valence-corrected chi connectivity index (χ4v) is 2.68. The van der Waals surface area contributed by atoms with Crippen LogP contribution in [0, 0.1) is 11.0 Å². The molecule has 24 heavy (non-hydrogen) atoms. The van der Waals surface area contributed by atoms with Gasteiger partial charge in [-0.3, -0.25) is 0 Å². The van der Waals surface area contributed by atoms with Crippen LogP contribution in [0.4, 0.5) is 9.18 Å². The van der Waals surface area contributed by atoms with Gasteiger partial charge in [0.05, 0.1) is 17.5 Å². The summed E-state index contributed by atoms with van der Waals surface area (Å²) in [7, 11) is 0. The highest BCUT2D eigenvalue weighted by Gasteiger charge is 2.34. The Balaban J connectivity index is 2.07. The molecule has 2 heterocycles. The third kappa shape index (κ3) is 3.36. The molecule has 0 amide bonds. The SMILES string of the molecule is CC(C)(C)OC(=O)n1cc(-c2c(Cl)cc(F)c[n+]2[O-])c(C2CC2)n1. The largest absolute Gasteiger partial charge is 0.618 e. The number of ether oxygens (including phenoxy) is 1. The van der Waals surface area contributed by atoms with Crippen molar-refractivity contribution in [2.75, 3.05) is 0 Å². The van der Waals surface area contributed by atoms with E-state index in [4.69, 9.17) is 16.3 Å². The molecule has 0 N–H and O–H groups in total. The Morgan fingerprint density at radius 3 is 2.71 bits per heavy atom. The van der Waals surface area contributed by atoms with Gasteiger partial charge < -0.3 is 9.94 Å². The molecular weight excluding hydrogens is 337 g/mol. The lowest BCUT2D eigenvalue weighted by Gasteiger charge is -2.18. The van der Waals surface area contributed by atoms with Gasteiger partial charge in [-0.15, -0.1) is 0 Å². The third-order valence-corrected chi connectivity index (χ3v) is 3.78. The zero-order valence-electron chi connectivity index (χ0n) is 13.5. The average Bonchev–Trinajstić information content (AvgIpc) is 3.16. The number of carbonyl (C=O) groups is 1. The molecule has 6 nitrogen and oxygen atoms in total. The van der Waals surface area contributed by atoms with Gasteiger partial charge in [-0.05, 0) is 33.6 Å². The summed E-state index contributed by atoms with van der Waals surface area (Å²) < 4.78 is 20.0. The predicted octanol–water partition coefficient (Wildman–Crippen LogP) is 3.64. The van der Waals surface area contributed by atoms with Gasteiger partial charge in [-0.2, -0.15) is 14.5 Å². The summed E-state index contributed by atoms with van der Waals surface area (Å²) >= 11 is 6.05. The summed E-state index contributed by atoms with van der Waals surface area (Å²) in [6.45, 7) is 5.25. The van der Waals surface area contributed by atoms with E-state index in [1.165, 1.54) is 6.20 Å². The minimum atomic E-state index is -0.730. The van der Waals surface area contributed by atoms with E-state index in [1.54, 1.807) is 20.8 Å². The van der Waals surface area contributed by atoms with Gasteiger partial charge in [0.1, 0.15) is 10.6 Å². The Morgan fingerprint density at radius 1 is 1.50 bits per heavy atom. The second-order valence-electron chi connectivity index (χ2n) is 6.81. The van der Waals surface area contributed by atoms with Crippen molar-refractivity contribution in [3.8, 4) is 11.3 Å². The molecule has 3 rings (SSSR count). The van der Waals surface area contributed by atoms with E-state index in [0.717, 1.165) is 29.8 Å². The van der Waals surface area contributed by atoms with Gasteiger partial charge >= 0.3 is 6.09 Å². The number of aromatic nitrogens is 3. The molecule has 0 saturated heterocycles. The second-order valence-corrected chi connectivity index (χ2v) is 7.22. The molecular formula is C16H17ClFN3O3. The average molecular weight is 354 g/mol. The van der Waals surface area contributed by atoms with Crippen molar-refractivity contribution in [3.63, 3.8) is 0 Å². The third-order valence-electron chi connectivity index (χ3n) is 3.49. The second kappa shape index (κ2) is 5.73. The fraction of sp³-hybridized carbons (Fsp3) is 0.438. The first kappa shape index (κ1) is 16.7. The lowest BCUT2D eigenvalue weighted by Crippen LogP contribution is -2.30. The molecule has 128 valence electrons. The van der Waals surface area contributed by atoms with Gasteiger partial charge in [-0.1, -0.05) is 11.6 Å². The van der Waals surface area contributed by atoms with Crippen molar-refractivity contribution < 1.29 is 18.7 Å². The summed E-state index contributed by atoms with van der Waals surface area (Å²) in [6, 6.07) is 1.06. The van der Waals surface area contributed by atoms with Crippen LogP contribution in [0.1, 0.15) is 45.2 Å². The van der Waals surface area contributed by atoms with Crippen molar-refractivity contribution in [2.45, 2.75) is 45.1 Å². The first-order valence-electron chi connectivity index (χ1n) is 7.57. The van der Waals surface area contributed by atoms with Crippen LogP contribution in [-0.4, -0.2) is 21.5 Å². The monoisotopic (exact) mass is 353 g/mol. The Labute approximate surface area is 143 Å². The number of pyridine rings is 1. The van der Waals surface area contributed by atoms with Crippen molar-refractivity contribution in [1.82, 2.24) is 9.78 Å². The molecule has 1 fully saturated rings. The molecule has 0 spiro atoms. The summed E-state index contributed by atoms with van der Waals surface area (Å²) in [5, 5.41) is 16.3. The Kier molecular flexibility index (Phi) is 3.99. The summed E-state index contributed by atoms with van der Waals surface area (Å²) in [6.07, 6.45) is 3.38. The van der Waals surface area contributed by atoms with Gasteiger partial charge in [-0.25, -0.2) is 9.18 Å². The molecule has 0 unspecified atom stereocenters. The first-order chi connectivity index (χ1) is 11.2. The van der Waals surface area contributed by atoms with E-state index in [0.29, 0.717) is 16.0 Å². The van der Waals surface area contributed by atoms with E-state index >= 15 is 0 Å².